The van der Waals surface area contributed by atoms with Gasteiger partial charge in [0.15, 0.2) is 0 Å². The predicted molar refractivity (Wildman–Crippen MR) is 110 cm³/mol. The van der Waals surface area contributed by atoms with E-state index >= 15 is 0 Å². The zero-order chi connectivity index (χ0) is 19.2. The Morgan fingerprint density at radius 2 is 2.07 bits per heavy atom. The van der Waals surface area contributed by atoms with Crippen LogP contribution in [0.3, 0.4) is 0 Å². The number of methoxy groups -OCH3 is 2. The molecule has 1 heterocycles. The number of ether oxygens (including phenoxy) is 2. The van der Waals surface area contributed by atoms with E-state index < -0.39 is 0 Å². The largest absolute Gasteiger partial charge is 0.497 e. The van der Waals surface area contributed by atoms with Crippen LogP contribution in [0.2, 0.25) is 0 Å². The first kappa shape index (κ1) is 19.7. The van der Waals surface area contributed by atoms with E-state index in [0.717, 1.165) is 36.9 Å². The monoisotopic (exact) mass is 432 g/mol. The number of carbonyl (C=O) groups excluding carboxylic acids is 1. The van der Waals surface area contributed by atoms with Crippen molar-refractivity contribution in [3.8, 4) is 11.5 Å². The van der Waals surface area contributed by atoms with Gasteiger partial charge in [-0.1, -0.05) is 28.1 Å². The highest BCUT2D eigenvalue weighted by Gasteiger charge is 2.26. The van der Waals surface area contributed by atoms with Crippen molar-refractivity contribution in [3.05, 3.63) is 52.5 Å². The molecule has 1 atom stereocenters. The Morgan fingerprint density at radius 1 is 1.22 bits per heavy atom. The number of rotatable bonds is 6. The number of anilines is 1. The van der Waals surface area contributed by atoms with Crippen molar-refractivity contribution in [3.63, 3.8) is 0 Å². The Kier molecular flexibility index (Phi) is 6.74. The number of amides is 1. The van der Waals surface area contributed by atoms with Gasteiger partial charge >= 0.3 is 0 Å². The zero-order valence-corrected chi connectivity index (χ0v) is 17.3. The molecule has 0 spiro atoms. The van der Waals surface area contributed by atoms with Crippen molar-refractivity contribution in [2.75, 3.05) is 32.6 Å². The Labute approximate surface area is 168 Å². The van der Waals surface area contributed by atoms with Crippen LogP contribution in [0.5, 0.6) is 11.5 Å². The van der Waals surface area contributed by atoms with Crippen LogP contribution in [0.4, 0.5) is 5.69 Å². The topological polar surface area (TPSA) is 50.8 Å². The van der Waals surface area contributed by atoms with Gasteiger partial charge in [0.05, 0.1) is 25.8 Å². The average Bonchev–Trinajstić information content (AvgIpc) is 2.68. The van der Waals surface area contributed by atoms with Gasteiger partial charge < -0.3 is 14.8 Å². The summed E-state index contributed by atoms with van der Waals surface area (Å²) in [5, 5.41) is 3.02. The first-order chi connectivity index (χ1) is 13.1. The fourth-order valence-corrected chi connectivity index (χ4v) is 3.89. The number of nitrogens with zero attached hydrogens (tertiary/aromatic N) is 1. The maximum absolute atomic E-state index is 12.8. The number of benzene rings is 2. The molecule has 2 aromatic rings. The molecule has 1 N–H and O–H groups in total. The molecule has 3 rings (SSSR count). The van der Waals surface area contributed by atoms with E-state index in [0.29, 0.717) is 17.2 Å². The van der Waals surface area contributed by atoms with Crippen LogP contribution in [0.15, 0.2) is 46.9 Å². The molecule has 1 aliphatic rings. The number of carbonyl (C=O) groups is 1. The zero-order valence-electron chi connectivity index (χ0n) is 15.7. The molecule has 1 amide bonds. The van der Waals surface area contributed by atoms with Gasteiger partial charge in [0, 0.05) is 23.6 Å². The van der Waals surface area contributed by atoms with Crippen molar-refractivity contribution in [1.82, 2.24) is 4.90 Å². The molecule has 1 fully saturated rings. The van der Waals surface area contributed by atoms with Gasteiger partial charge in [0.1, 0.15) is 11.5 Å². The van der Waals surface area contributed by atoms with Crippen LogP contribution in [0.1, 0.15) is 18.4 Å². The first-order valence-electron chi connectivity index (χ1n) is 9.08. The lowest BCUT2D eigenvalue weighted by molar-refractivity contribution is -0.121. The lowest BCUT2D eigenvalue weighted by Crippen LogP contribution is -2.40. The summed E-state index contributed by atoms with van der Waals surface area (Å²) in [6, 6.07) is 13.7. The third-order valence-electron chi connectivity index (χ3n) is 4.84. The smallest absolute Gasteiger partial charge is 0.228 e. The molecular weight excluding hydrogens is 408 g/mol. The van der Waals surface area contributed by atoms with Crippen molar-refractivity contribution in [2.24, 2.45) is 5.92 Å². The van der Waals surface area contributed by atoms with Gasteiger partial charge in [0.25, 0.3) is 0 Å². The molecule has 1 saturated heterocycles. The van der Waals surface area contributed by atoms with Gasteiger partial charge in [-0.3, -0.25) is 9.69 Å². The molecule has 1 aliphatic heterocycles. The number of halogens is 1. The Balaban J connectivity index is 1.63. The summed E-state index contributed by atoms with van der Waals surface area (Å²) in [5.41, 5.74) is 1.93. The van der Waals surface area contributed by atoms with Crippen molar-refractivity contribution < 1.29 is 14.3 Å². The van der Waals surface area contributed by atoms with Crippen LogP contribution < -0.4 is 14.8 Å². The number of piperidine rings is 1. The molecule has 0 bridgehead atoms. The summed E-state index contributed by atoms with van der Waals surface area (Å²) in [7, 11) is 3.19. The standard InChI is InChI=1S/C21H25BrN2O3/c1-26-18-8-9-19(20(12-18)27-2)23-21(25)16-6-4-10-24(14-16)13-15-5-3-7-17(22)11-15/h3,5,7-9,11-12,16H,4,6,10,13-14H2,1-2H3,(H,23,25). The molecule has 0 saturated carbocycles. The van der Waals surface area contributed by atoms with E-state index in [1.807, 2.05) is 24.3 Å². The highest BCUT2D eigenvalue weighted by molar-refractivity contribution is 9.10. The third-order valence-corrected chi connectivity index (χ3v) is 5.33. The van der Waals surface area contributed by atoms with Gasteiger partial charge in [-0.15, -0.1) is 0 Å². The van der Waals surface area contributed by atoms with Crippen LogP contribution in [0.25, 0.3) is 0 Å². The van der Waals surface area contributed by atoms with Gasteiger partial charge in [-0.05, 0) is 49.2 Å². The molecule has 0 aliphatic carbocycles. The van der Waals surface area contributed by atoms with Crippen LogP contribution in [-0.2, 0) is 11.3 Å². The van der Waals surface area contributed by atoms with Crippen LogP contribution in [0, 0.1) is 5.92 Å². The van der Waals surface area contributed by atoms with Crippen LogP contribution >= 0.6 is 15.9 Å². The minimum absolute atomic E-state index is 0.0299. The summed E-state index contributed by atoms with van der Waals surface area (Å²) in [4.78, 5) is 15.2. The van der Waals surface area contributed by atoms with Gasteiger partial charge in [-0.25, -0.2) is 0 Å². The molecule has 27 heavy (non-hydrogen) atoms. The minimum Gasteiger partial charge on any atom is -0.497 e. The van der Waals surface area contributed by atoms with E-state index in [4.69, 9.17) is 9.47 Å². The average molecular weight is 433 g/mol. The lowest BCUT2D eigenvalue weighted by atomic mass is 9.96. The highest BCUT2D eigenvalue weighted by Crippen LogP contribution is 2.30. The van der Waals surface area contributed by atoms with Crippen molar-refractivity contribution >= 4 is 27.5 Å². The van der Waals surface area contributed by atoms with Crippen LogP contribution in [-0.4, -0.2) is 38.1 Å². The Hall–Kier alpha value is -2.05. The second kappa shape index (κ2) is 9.24. The third kappa shape index (κ3) is 5.23. The first-order valence-corrected chi connectivity index (χ1v) is 9.88. The van der Waals surface area contributed by atoms with E-state index in [-0.39, 0.29) is 11.8 Å². The second-order valence-electron chi connectivity index (χ2n) is 6.76. The maximum atomic E-state index is 12.8. The Bertz CT molecular complexity index is 797. The van der Waals surface area contributed by atoms with Gasteiger partial charge in [-0.2, -0.15) is 0 Å². The summed E-state index contributed by atoms with van der Waals surface area (Å²) in [6.07, 6.45) is 1.92. The SMILES string of the molecule is COc1ccc(NC(=O)C2CCCN(Cc3cccc(Br)c3)C2)c(OC)c1. The molecule has 0 aromatic heterocycles. The number of likely N-dealkylation sites (tertiary alicyclic amines) is 1. The van der Waals surface area contributed by atoms with E-state index in [1.165, 1.54) is 5.56 Å². The summed E-state index contributed by atoms with van der Waals surface area (Å²) >= 11 is 3.52. The maximum Gasteiger partial charge on any atom is 0.228 e. The number of hydrogen-bond acceptors (Lipinski definition) is 4. The van der Waals surface area contributed by atoms with Crippen molar-refractivity contribution in [2.45, 2.75) is 19.4 Å². The second-order valence-corrected chi connectivity index (χ2v) is 7.68. The quantitative estimate of drug-likeness (QED) is 0.738. The van der Waals surface area contributed by atoms with E-state index in [9.17, 15) is 4.79 Å². The molecule has 0 radical (unpaired) electrons. The lowest BCUT2D eigenvalue weighted by Gasteiger charge is -2.32. The predicted octanol–water partition coefficient (Wildman–Crippen LogP) is 4.32. The molecule has 1 unspecified atom stereocenters. The fraction of sp³-hybridized carbons (Fsp3) is 0.381. The molecule has 6 heteroatoms. The molecule has 5 nitrogen and oxygen atoms in total. The Morgan fingerprint density at radius 3 is 2.81 bits per heavy atom. The summed E-state index contributed by atoms with van der Waals surface area (Å²) < 4.78 is 11.7. The van der Waals surface area contributed by atoms with Crippen molar-refractivity contribution in [1.29, 1.82) is 0 Å². The number of hydrogen-bond donors (Lipinski definition) is 1. The van der Waals surface area contributed by atoms with E-state index in [2.05, 4.69) is 38.3 Å². The van der Waals surface area contributed by atoms with Gasteiger partial charge in [0.2, 0.25) is 5.91 Å². The summed E-state index contributed by atoms with van der Waals surface area (Å²) in [6.45, 7) is 2.63. The molecular formula is C21H25BrN2O3. The highest BCUT2D eigenvalue weighted by atomic mass is 79.9. The minimum atomic E-state index is -0.0299. The molecule has 2 aromatic carbocycles. The van der Waals surface area contributed by atoms with E-state index in [1.54, 1.807) is 20.3 Å². The number of nitrogens with one attached hydrogen (secondary N) is 1. The normalized spacial score (nSPS) is 17.4. The summed E-state index contributed by atoms with van der Waals surface area (Å²) in [5.74, 6) is 1.31. The molecule has 144 valence electrons. The fourth-order valence-electron chi connectivity index (χ4n) is 3.44.